The second-order valence-electron chi connectivity index (χ2n) is 8.82. The third-order valence-corrected chi connectivity index (χ3v) is 7.30. The number of piperidine rings is 1. The van der Waals surface area contributed by atoms with Gasteiger partial charge in [-0.3, -0.25) is 14.6 Å². The predicted octanol–water partition coefficient (Wildman–Crippen LogP) is 4.77. The lowest BCUT2D eigenvalue weighted by atomic mass is 9.97. The Morgan fingerprint density at radius 3 is 2.80 bits per heavy atom. The van der Waals surface area contributed by atoms with E-state index in [1.54, 1.807) is 0 Å². The zero-order valence-electron chi connectivity index (χ0n) is 19.1. The van der Waals surface area contributed by atoms with Gasteiger partial charge in [-0.2, -0.15) is 0 Å². The number of H-pyrrole nitrogens is 1. The average Bonchev–Trinajstić information content (AvgIpc) is 3.28. The number of rotatable bonds is 5. The average molecular weight is 495 g/mol. The van der Waals surface area contributed by atoms with Gasteiger partial charge < -0.3 is 10.2 Å². The number of aryl methyl sites for hydroxylation is 1. The van der Waals surface area contributed by atoms with Crippen molar-refractivity contribution in [2.75, 3.05) is 18.0 Å². The molecule has 4 aromatic rings. The molecule has 35 heavy (non-hydrogen) atoms. The van der Waals surface area contributed by atoms with Crippen LogP contribution in [0.1, 0.15) is 24.0 Å². The van der Waals surface area contributed by atoms with E-state index >= 15 is 0 Å². The van der Waals surface area contributed by atoms with Crippen molar-refractivity contribution in [2.24, 2.45) is 5.92 Å². The molecule has 180 valence electrons. The first-order valence-electron chi connectivity index (χ1n) is 11.4. The Kier molecular flexibility index (Phi) is 6.34. The molecule has 5 rings (SSSR count). The normalized spacial score (nSPS) is 16.0. The van der Waals surface area contributed by atoms with E-state index in [1.807, 2.05) is 41.5 Å². The fourth-order valence-electron chi connectivity index (χ4n) is 4.38. The summed E-state index contributed by atoms with van der Waals surface area (Å²) in [5.41, 5.74) is 3.73. The number of carbonyl (C=O) groups excluding carboxylic acids is 1. The number of fused-ring (bicyclic) bond motifs is 1. The van der Waals surface area contributed by atoms with Crippen LogP contribution >= 0.6 is 11.3 Å². The summed E-state index contributed by atoms with van der Waals surface area (Å²) in [5, 5.41) is 4.70. The highest BCUT2D eigenvalue weighted by atomic mass is 32.1. The van der Waals surface area contributed by atoms with Crippen molar-refractivity contribution in [1.82, 2.24) is 15.3 Å². The second-order valence-corrected chi connectivity index (χ2v) is 9.70. The number of aromatic amines is 1. The van der Waals surface area contributed by atoms with Crippen molar-refractivity contribution >= 4 is 33.4 Å². The van der Waals surface area contributed by atoms with Crippen LogP contribution in [0.3, 0.4) is 0 Å². The molecule has 6 nitrogen and oxygen atoms in total. The highest BCUT2D eigenvalue weighted by Crippen LogP contribution is 2.32. The van der Waals surface area contributed by atoms with Gasteiger partial charge in [-0.25, -0.2) is 13.8 Å². The van der Waals surface area contributed by atoms with Crippen LogP contribution in [0.5, 0.6) is 0 Å². The number of thiophene rings is 1. The fraction of sp³-hybridized carbons (Fsp3) is 0.269. The van der Waals surface area contributed by atoms with Crippen LogP contribution in [0.4, 0.5) is 14.7 Å². The van der Waals surface area contributed by atoms with E-state index in [2.05, 4.69) is 10.3 Å². The number of amides is 1. The van der Waals surface area contributed by atoms with Crippen molar-refractivity contribution in [1.29, 1.82) is 0 Å². The van der Waals surface area contributed by atoms with Crippen LogP contribution in [0, 0.1) is 24.5 Å². The number of carbonyl (C=O) groups is 1. The van der Waals surface area contributed by atoms with E-state index in [9.17, 15) is 18.4 Å². The number of aromatic nitrogens is 2. The number of hydrogen-bond acceptors (Lipinski definition) is 5. The molecule has 1 saturated heterocycles. The first-order valence-corrected chi connectivity index (χ1v) is 12.3. The fourth-order valence-corrected chi connectivity index (χ4v) is 5.29. The van der Waals surface area contributed by atoms with E-state index < -0.39 is 11.6 Å². The Balaban J connectivity index is 1.35. The van der Waals surface area contributed by atoms with E-state index in [0.29, 0.717) is 35.7 Å². The molecule has 3 heterocycles. The highest BCUT2D eigenvalue weighted by Gasteiger charge is 2.28. The summed E-state index contributed by atoms with van der Waals surface area (Å²) in [7, 11) is 0. The van der Waals surface area contributed by atoms with Crippen LogP contribution in [0.25, 0.3) is 21.3 Å². The Hall–Kier alpha value is -3.59. The molecule has 1 amide bonds. The van der Waals surface area contributed by atoms with Gasteiger partial charge in [0.25, 0.3) is 5.56 Å². The number of halogens is 2. The smallest absolute Gasteiger partial charge is 0.270 e. The monoisotopic (exact) mass is 494 g/mol. The van der Waals surface area contributed by atoms with Gasteiger partial charge in [0.2, 0.25) is 11.9 Å². The Bertz CT molecular complexity index is 1450. The molecule has 2 N–H and O–H groups in total. The van der Waals surface area contributed by atoms with E-state index in [0.717, 1.165) is 29.2 Å². The molecule has 2 aromatic carbocycles. The molecular formula is C26H24F2N4O2S. The van der Waals surface area contributed by atoms with E-state index in [4.69, 9.17) is 4.98 Å². The molecule has 1 aliphatic rings. The van der Waals surface area contributed by atoms with Crippen molar-refractivity contribution < 1.29 is 13.6 Å². The Labute approximate surface area is 204 Å². The SMILES string of the molecule is Cc1ccc(-c2csc3c(=O)[nH]c(N4CCCC(C(=O)NCc5ccc(F)cc5F)C4)nc23)cc1. The van der Waals surface area contributed by atoms with Crippen molar-refractivity contribution in [3.63, 3.8) is 0 Å². The lowest BCUT2D eigenvalue weighted by molar-refractivity contribution is -0.125. The van der Waals surface area contributed by atoms with Gasteiger partial charge in [-0.05, 0) is 31.4 Å². The topological polar surface area (TPSA) is 78.1 Å². The maximum Gasteiger partial charge on any atom is 0.270 e. The number of nitrogens with zero attached hydrogens (tertiary/aromatic N) is 2. The lowest BCUT2D eigenvalue weighted by Crippen LogP contribution is -2.44. The zero-order valence-corrected chi connectivity index (χ0v) is 19.9. The molecule has 0 aliphatic carbocycles. The maximum absolute atomic E-state index is 13.9. The van der Waals surface area contributed by atoms with Crippen LogP contribution in [-0.4, -0.2) is 29.0 Å². The third-order valence-electron chi connectivity index (χ3n) is 6.34. The number of nitrogens with one attached hydrogen (secondary N) is 2. The number of anilines is 1. The van der Waals surface area contributed by atoms with Crippen LogP contribution < -0.4 is 15.8 Å². The van der Waals surface area contributed by atoms with Crippen LogP contribution in [0.2, 0.25) is 0 Å². The molecule has 2 aromatic heterocycles. The first-order chi connectivity index (χ1) is 16.9. The van der Waals surface area contributed by atoms with Gasteiger partial charge in [0, 0.05) is 42.2 Å². The minimum atomic E-state index is -0.689. The zero-order chi connectivity index (χ0) is 24.5. The van der Waals surface area contributed by atoms with Crippen molar-refractivity contribution in [3.05, 3.63) is 81.0 Å². The second kappa shape index (κ2) is 9.58. The summed E-state index contributed by atoms with van der Waals surface area (Å²) in [6, 6.07) is 11.4. The molecule has 1 fully saturated rings. The van der Waals surface area contributed by atoms with Gasteiger partial charge in [0.15, 0.2) is 0 Å². The van der Waals surface area contributed by atoms with Gasteiger partial charge in [0.05, 0.1) is 11.4 Å². The summed E-state index contributed by atoms with van der Waals surface area (Å²) in [6.07, 6.45) is 1.42. The first kappa shape index (κ1) is 23.2. The molecule has 9 heteroatoms. The Morgan fingerprint density at radius 1 is 1.23 bits per heavy atom. The lowest BCUT2D eigenvalue weighted by Gasteiger charge is -2.32. The molecule has 0 bridgehead atoms. The molecule has 0 spiro atoms. The van der Waals surface area contributed by atoms with Gasteiger partial charge in [-0.15, -0.1) is 11.3 Å². The van der Waals surface area contributed by atoms with E-state index in [-0.39, 0.29) is 29.5 Å². The van der Waals surface area contributed by atoms with Crippen molar-refractivity contribution in [2.45, 2.75) is 26.3 Å². The molecule has 1 unspecified atom stereocenters. The van der Waals surface area contributed by atoms with Gasteiger partial charge in [0.1, 0.15) is 16.3 Å². The summed E-state index contributed by atoms with van der Waals surface area (Å²) < 4.78 is 27.6. The summed E-state index contributed by atoms with van der Waals surface area (Å²) in [5.74, 6) is -1.46. The maximum atomic E-state index is 13.9. The standard InChI is InChI=1S/C26H24F2N4O2S/c1-15-4-6-16(7-5-15)20-14-35-23-22(20)30-26(31-25(23)34)32-10-2-3-18(13-32)24(33)29-12-17-8-9-19(27)11-21(17)28/h4-9,11,14,18H,2-3,10,12-13H2,1H3,(H,29,33)(H,30,31,34). The summed E-state index contributed by atoms with van der Waals surface area (Å²) in [6.45, 7) is 3.05. The van der Waals surface area contributed by atoms with Gasteiger partial charge >= 0.3 is 0 Å². The Morgan fingerprint density at radius 2 is 2.03 bits per heavy atom. The van der Waals surface area contributed by atoms with Crippen LogP contribution in [0.15, 0.2) is 52.6 Å². The molecule has 1 atom stereocenters. The largest absolute Gasteiger partial charge is 0.352 e. The third kappa shape index (κ3) is 4.81. The minimum absolute atomic E-state index is 0.0166. The highest BCUT2D eigenvalue weighted by molar-refractivity contribution is 7.17. The quantitative estimate of drug-likeness (QED) is 0.419. The number of benzene rings is 2. The number of hydrogen-bond donors (Lipinski definition) is 2. The van der Waals surface area contributed by atoms with Gasteiger partial charge in [-0.1, -0.05) is 35.9 Å². The molecular weight excluding hydrogens is 470 g/mol. The van der Waals surface area contributed by atoms with Crippen molar-refractivity contribution in [3.8, 4) is 11.1 Å². The summed E-state index contributed by atoms with van der Waals surface area (Å²) >= 11 is 1.36. The summed E-state index contributed by atoms with van der Waals surface area (Å²) in [4.78, 5) is 35.2. The predicted molar refractivity (Wildman–Crippen MR) is 134 cm³/mol. The minimum Gasteiger partial charge on any atom is -0.352 e. The van der Waals surface area contributed by atoms with Crippen LogP contribution in [-0.2, 0) is 11.3 Å². The van der Waals surface area contributed by atoms with E-state index in [1.165, 1.54) is 23.5 Å². The molecule has 1 aliphatic heterocycles. The molecule has 0 saturated carbocycles. The molecule has 0 radical (unpaired) electrons.